The number of nitrogens with one attached hydrogen (secondary N) is 1. The molecule has 0 amide bonds. The van der Waals surface area contributed by atoms with Crippen LogP contribution in [-0.2, 0) is 16.3 Å². The van der Waals surface area contributed by atoms with Crippen molar-refractivity contribution in [1.82, 2.24) is 24.6 Å². The van der Waals surface area contributed by atoms with Crippen molar-refractivity contribution < 1.29 is 12.8 Å². The molecule has 0 saturated carbocycles. The second kappa shape index (κ2) is 9.25. The van der Waals surface area contributed by atoms with E-state index < -0.39 is 20.8 Å². The first-order valence-electron chi connectivity index (χ1n) is 11.4. The first kappa shape index (κ1) is 24.3. The Morgan fingerprint density at radius 2 is 1.92 bits per heavy atom. The SMILES string of the molecule is CC(C)(F)CNc1ncc2c(n1)CCC(S(=O)(=O)c1ccccc1)C=C2c1ccc2ncc(Cl)n2n1. The fourth-order valence-electron chi connectivity index (χ4n) is 4.09. The van der Waals surface area contributed by atoms with Crippen LogP contribution in [0.4, 0.5) is 10.3 Å². The lowest BCUT2D eigenvalue weighted by Crippen LogP contribution is -2.25. The summed E-state index contributed by atoms with van der Waals surface area (Å²) < 4.78 is 42.7. The van der Waals surface area contributed by atoms with Crippen LogP contribution in [0.2, 0.25) is 5.15 Å². The van der Waals surface area contributed by atoms with E-state index >= 15 is 0 Å². The van der Waals surface area contributed by atoms with Gasteiger partial charge >= 0.3 is 0 Å². The number of nitrogens with zero attached hydrogens (tertiary/aromatic N) is 5. The van der Waals surface area contributed by atoms with Crippen LogP contribution in [-0.4, -0.2) is 50.4 Å². The molecule has 1 aromatic carbocycles. The average Bonchev–Trinajstić information content (AvgIpc) is 3.11. The molecule has 186 valence electrons. The Kier molecular flexibility index (Phi) is 6.25. The summed E-state index contributed by atoms with van der Waals surface area (Å²) >= 11 is 6.25. The van der Waals surface area contributed by atoms with Gasteiger partial charge in [-0.05, 0) is 51.0 Å². The van der Waals surface area contributed by atoms with Crippen molar-refractivity contribution in [3.63, 3.8) is 0 Å². The highest BCUT2D eigenvalue weighted by molar-refractivity contribution is 7.92. The maximum Gasteiger partial charge on any atom is 0.222 e. The lowest BCUT2D eigenvalue weighted by atomic mass is 10.0. The first-order valence-corrected chi connectivity index (χ1v) is 13.3. The molecule has 4 aromatic rings. The summed E-state index contributed by atoms with van der Waals surface area (Å²) in [5.74, 6) is 0.282. The largest absolute Gasteiger partial charge is 0.351 e. The third kappa shape index (κ3) is 4.83. The lowest BCUT2D eigenvalue weighted by Gasteiger charge is -2.16. The second-order valence-corrected chi connectivity index (χ2v) is 11.8. The summed E-state index contributed by atoms with van der Waals surface area (Å²) in [7, 11) is -3.69. The molecule has 1 unspecified atom stereocenters. The predicted molar refractivity (Wildman–Crippen MR) is 137 cm³/mol. The van der Waals surface area contributed by atoms with Crippen LogP contribution in [0.5, 0.6) is 0 Å². The Labute approximate surface area is 213 Å². The summed E-state index contributed by atoms with van der Waals surface area (Å²) in [5, 5.41) is 7.06. The Balaban J connectivity index is 1.62. The van der Waals surface area contributed by atoms with Gasteiger partial charge in [0.15, 0.2) is 20.6 Å². The van der Waals surface area contributed by atoms with Gasteiger partial charge < -0.3 is 5.32 Å². The molecule has 3 heterocycles. The zero-order valence-electron chi connectivity index (χ0n) is 19.7. The highest BCUT2D eigenvalue weighted by atomic mass is 35.5. The molecule has 36 heavy (non-hydrogen) atoms. The van der Waals surface area contributed by atoms with Gasteiger partial charge in [-0.15, -0.1) is 0 Å². The van der Waals surface area contributed by atoms with Gasteiger partial charge in [0.05, 0.1) is 34.3 Å². The number of aromatic nitrogens is 5. The number of rotatable bonds is 6. The number of imidazole rings is 1. The molecular formula is C25H24ClFN6O2S. The zero-order chi connectivity index (χ0) is 25.5. The Morgan fingerprint density at radius 3 is 2.67 bits per heavy atom. The summed E-state index contributed by atoms with van der Waals surface area (Å²) in [6.45, 7) is 2.97. The van der Waals surface area contributed by atoms with Crippen LogP contribution in [0.15, 0.2) is 65.8 Å². The number of hydrogen-bond acceptors (Lipinski definition) is 7. The zero-order valence-corrected chi connectivity index (χ0v) is 21.3. The number of aryl methyl sites for hydroxylation is 1. The smallest absolute Gasteiger partial charge is 0.222 e. The third-order valence-corrected chi connectivity index (χ3v) is 8.27. The fourth-order valence-corrected chi connectivity index (χ4v) is 5.89. The molecular weight excluding hydrogens is 503 g/mol. The van der Waals surface area contributed by atoms with E-state index in [-0.39, 0.29) is 17.4 Å². The number of alkyl halides is 1. The molecule has 3 aromatic heterocycles. The monoisotopic (exact) mass is 526 g/mol. The van der Waals surface area contributed by atoms with Gasteiger partial charge in [0, 0.05) is 17.3 Å². The topological polar surface area (TPSA) is 102 Å². The van der Waals surface area contributed by atoms with E-state index in [4.69, 9.17) is 11.6 Å². The number of anilines is 1. The minimum Gasteiger partial charge on any atom is -0.351 e. The average molecular weight is 527 g/mol. The van der Waals surface area contributed by atoms with E-state index in [0.29, 0.717) is 46.2 Å². The molecule has 1 aliphatic carbocycles. The highest BCUT2D eigenvalue weighted by Gasteiger charge is 2.31. The van der Waals surface area contributed by atoms with Gasteiger partial charge in [-0.25, -0.2) is 32.3 Å². The van der Waals surface area contributed by atoms with Crippen molar-refractivity contribution in [3.8, 4) is 0 Å². The maximum absolute atomic E-state index is 14.0. The molecule has 1 atom stereocenters. The number of fused-ring (bicyclic) bond motifs is 2. The molecule has 11 heteroatoms. The molecule has 0 spiro atoms. The molecule has 0 bridgehead atoms. The van der Waals surface area contributed by atoms with Gasteiger partial charge in [-0.2, -0.15) is 5.10 Å². The van der Waals surface area contributed by atoms with E-state index in [0.717, 1.165) is 0 Å². The van der Waals surface area contributed by atoms with Crippen LogP contribution in [0, 0.1) is 0 Å². The van der Waals surface area contributed by atoms with Gasteiger partial charge in [-0.1, -0.05) is 35.9 Å². The quantitative estimate of drug-likeness (QED) is 0.393. The summed E-state index contributed by atoms with van der Waals surface area (Å²) in [4.78, 5) is 13.4. The summed E-state index contributed by atoms with van der Waals surface area (Å²) in [6, 6.07) is 11.9. The minimum atomic E-state index is -3.69. The van der Waals surface area contributed by atoms with Crippen molar-refractivity contribution in [3.05, 3.63) is 83.0 Å². The van der Waals surface area contributed by atoms with Gasteiger partial charge in [0.25, 0.3) is 0 Å². The normalized spacial score (nSPS) is 16.3. The highest BCUT2D eigenvalue weighted by Crippen LogP contribution is 2.33. The van der Waals surface area contributed by atoms with Crippen LogP contribution < -0.4 is 5.32 Å². The van der Waals surface area contributed by atoms with E-state index in [1.807, 2.05) is 0 Å². The van der Waals surface area contributed by atoms with E-state index in [9.17, 15) is 12.8 Å². The van der Waals surface area contributed by atoms with Crippen molar-refractivity contribution in [1.29, 1.82) is 0 Å². The fraction of sp³-hybridized carbons (Fsp3) is 0.280. The van der Waals surface area contributed by atoms with E-state index in [2.05, 4.69) is 25.4 Å². The first-order chi connectivity index (χ1) is 17.1. The molecule has 8 nitrogen and oxygen atoms in total. The van der Waals surface area contributed by atoms with Crippen LogP contribution in [0.25, 0.3) is 11.2 Å². The molecule has 5 rings (SSSR count). The number of benzene rings is 1. The Morgan fingerprint density at radius 1 is 1.14 bits per heavy atom. The van der Waals surface area contributed by atoms with E-state index in [1.165, 1.54) is 24.6 Å². The molecule has 0 aliphatic heterocycles. The van der Waals surface area contributed by atoms with Crippen LogP contribution in [0.3, 0.4) is 0 Å². The number of halogens is 2. The van der Waals surface area contributed by atoms with Crippen molar-refractivity contribution in [2.24, 2.45) is 0 Å². The molecule has 0 fully saturated rings. The minimum absolute atomic E-state index is 0.0385. The van der Waals surface area contributed by atoms with Crippen molar-refractivity contribution in [2.45, 2.75) is 42.5 Å². The van der Waals surface area contributed by atoms with Gasteiger partial charge in [-0.3, -0.25) is 0 Å². The Hall–Kier alpha value is -3.37. The standard InChI is InChI=1S/C25H24ClFN6O2S/c1-25(2,27)15-30-24-29-13-19-18(21-10-11-23-28-14-22(26)33(23)32-21)12-17(8-9-20(19)31-24)36(34,35)16-6-4-3-5-7-16/h3-7,10-14,17H,8-9,15H2,1-2H3,(H,29,30,31). The number of hydrogen-bond donors (Lipinski definition) is 1. The Bertz CT molecular complexity index is 1560. The van der Waals surface area contributed by atoms with Crippen molar-refractivity contribution >= 4 is 38.6 Å². The second-order valence-electron chi connectivity index (χ2n) is 9.21. The summed E-state index contributed by atoms with van der Waals surface area (Å²) in [5.41, 5.74) is 1.52. The van der Waals surface area contributed by atoms with Gasteiger partial charge in [0.1, 0.15) is 5.67 Å². The third-order valence-electron chi connectivity index (χ3n) is 5.91. The molecule has 0 saturated heterocycles. The van der Waals surface area contributed by atoms with Crippen LogP contribution >= 0.6 is 11.6 Å². The van der Waals surface area contributed by atoms with Gasteiger partial charge in [0.2, 0.25) is 5.95 Å². The summed E-state index contributed by atoms with van der Waals surface area (Å²) in [6.07, 6.45) is 5.54. The number of sulfone groups is 1. The predicted octanol–water partition coefficient (Wildman–Crippen LogP) is 4.55. The molecule has 1 aliphatic rings. The van der Waals surface area contributed by atoms with Crippen molar-refractivity contribution in [2.75, 3.05) is 11.9 Å². The maximum atomic E-state index is 14.0. The molecule has 0 radical (unpaired) electrons. The van der Waals surface area contributed by atoms with Crippen LogP contribution in [0.1, 0.15) is 37.2 Å². The van der Waals surface area contributed by atoms with E-state index in [1.54, 1.807) is 54.7 Å². The molecule has 1 N–H and O–H groups in total. The lowest BCUT2D eigenvalue weighted by molar-refractivity contribution is 0.234.